The van der Waals surface area contributed by atoms with Crippen LogP contribution < -0.4 is 24.4 Å². The first-order valence-electron chi connectivity index (χ1n) is 20.1. The molecule has 2 N–H and O–H groups in total. The lowest BCUT2D eigenvalue weighted by Crippen LogP contribution is -2.60. The number of methoxy groups -OCH3 is 1. The average molecular weight is 797 g/mol. The molecule has 1 spiro atoms. The van der Waals surface area contributed by atoms with Gasteiger partial charge in [-0.05, 0) is 78.0 Å². The number of ether oxygens (including phenoxy) is 3. The zero-order valence-corrected chi connectivity index (χ0v) is 33.4. The smallest absolute Gasteiger partial charge is 0.387 e. The Morgan fingerprint density at radius 2 is 1.74 bits per heavy atom. The van der Waals surface area contributed by atoms with Crippen molar-refractivity contribution in [2.45, 2.75) is 70.7 Å². The van der Waals surface area contributed by atoms with Crippen LogP contribution in [-0.4, -0.2) is 85.2 Å². The van der Waals surface area contributed by atoms with Crippen molar-refractivity contribution in [2.75, 3.05) is 51.8 Å². The lowest BCUT2D eigenvalue weighted by Gasteiger charge is -2.58. The van der Waals surface area contributed by atoms with E-state index in [0.717, 1.165) is 76.2 Å². The number of piperazine rings is 1. The summed E-state index contributed by atoms with van der Waals surface area (Å²) in [6, 6.07) is 23.8. The molecule has 1 amide bonds. The van der Waals surface area contributed by atoms with Crippen LogP contribution in [-0.2, 0) is 6.54 Å². The number of nitrogens with zero attached hydrogens (tertiary/aromatic N) is 4. The van der Waals surface area contributed by atoms with E-state index in [9.17, 15) is 18.0 Å². The SMILES string of the molecule is CNC(=O)c1ccc(N2CCC3(CC2)CC(N2CCN(Cc4ccc(OC(F)F)cc4)C[C@H]2c2ccccc2C(C)C)C3)cc1Oc1nc2c(F)c[nH]c2cc1OC. The van der Waals surface area contributed by atoms with Gasteiger partial charge in [0.05, 0.1) is 18.2 Å². The van der Waals surface area contributed by atoms with Crippen LogP contribution in [0.4, 0.5) is 18.9 Å². The fourth-order valence-corrected chi connectivity index (χ4v) is 9.33. The Morgan fingerprint density at radius 1 is 0.983 bits per heavy atom. The predicted molar refractivity (Wildman–Crippen MR) is 218 cm³/mol. The number of hydrogen-bond acceptors (Lipinski definition) is 8. The van der Waals surface area contributed by atoms with Crippen molar-refractivity contribution in [3.8, 4) is 23.1 Å². The van der Waals surface area contributed by atoms with Crippen LogP contribution >= 0.6 is 0 Å². The number of alkyl halides is 2. The van der Waals surface area contributed by atoms with E-state index in [-0.39, 0.29) is 34.5 Å². The summed E-state index contributed by atoms with van der Waals surface area (Å²) in [5, 5.41) is 2.69. The number of rotatable bonds is 12. The first-order chi connectivity index (χ1) is 28.0. The summed E-state index contributed by atoms with van der Waals surface area (Å²) in [6.45, 7) is 6.96. The molecule has 2 aromatic heterocycles. The van der Waals surface area contributed by atoms with Crippen molar-refractivity contribution >= 4 is 22.6 Å². The minimum atomic E-state index is -2.84. The summed E-state index contributed by atoms with van der Waals surface area (Å²) in [7, 11) is 3.06. The van der Waals surface area contributed by atoms with Crippen molar-refractivity contribution in [1.82, 2.24) is 25.1 Å². The number of carbonyl (C=O) groups excluding carboxylic acids is 1. The number of pyridine rings is 1. The van der Waals surface area contributed by atoms with Crippen LogP contribution in [0, 0.1) is 11.2 Å². The van der Waals surface area contributed by atoms with E-state index in [4.69, 9.17) is 9.47 Å². The zero-order chi connectivity index (χ0) is 40.6. The molecule has 8 rings (SSSR count). The Bertz CT molecular complexity index is 2230. The molecule has 3 aromatic carbocycles. The number of H-pyrrole nitrogens is 1. The predicted octanol–water partition coefficient (Wildman–Crippen LogP) is 8.90. The van der Waals surface area contributed by atoms with E-state index in [1.54, 1.807) is 31.3 Å². The van der Waals surface area contributed by atoms with Gasteiger partial charge in [0.1, 0.15) is 17.0 Å². The van der Waals surface area contributed by atoms with E-state index >= 15 is 0 Å². The van der Waals surface area contributed by atoms with Crippen LogP contribution in [0.25, 0.3) is 11.0 Å². The number of aromatic nitrogens is 2. The Morgan fingerprint density at radius 3 is 2.45 bits per heavy atom. The van der Waals surface area contributed by atoms with Crippen LogP contribution in [0.15, 0.2) is 79.0 Å². The van der Waals surface area contributed by atoms with Gasteiger partial charge in [-0.25, -0.2) is 9.37 Å². The summed E-state index contributed by atoms with van der Waals surface area (Å²) in [4.78, 5) is 27.8. The largest absolute Gasteiger partial charge is 0.491 e. The van der Waals surface area contributed by atoms with Crippen molar-refractivity contribution < 1.29 is 32.2 Å². The second kappa shape index (κ2) is 16.5. The topological polar surface area (TPSA) is 95.2 Å². The van der Waals surface area contributed by atoms with Gasteiger partial charge in [0, 0.05) is 82.4 Å². The molecule has 58 heavy (non-hydrogen) atoms. The molecule has 13 heteroatoms. The van der Waals surface area contributed by atoms with Gasteiger partial charge in [-0.2, -0.15) is 8.78 Å². The molecule has 2 saturated heterocycles. The van der Waals surface area contributed by atoms with Gasteiger partial charge in [0.15, 0.2) is 11.6 Å². The summed E-state index contributed by atoms with van der Waals surface area (Å²) < 4.78 is 56.3. The van der Waals surface area contributed by atoms with Gasteiger partial charge in [-0.1, -0.05) is 50.2 Å². The molecule has 306 valence electrons. The number of fused-ring (bicyclic) bond motifs is 1. The van der Waals surface area contributed by atoms with Gasteiger partial charge in [0.25, 0.3) is 11.8 Å². The second-order valence-corrected chi connectivity index (χ2v) is 16.2. The summed E-state index contributed by atoms with van der Waals surface area (Å²) in [5.41, 5.74) is 6.01. The summed E-state index contributed by atoms with van der Waals surface area (Å²) in [5.74, 6) is 0.452. The fourth-order valence-electron chi connectivity index (χ4n) is 9.33. The molecule has 3 fully saturated rings. The van der Waals surface area contributed by atoms with Crippen LogP contribution in [0.3, 0.4) is 0 Å². The Labute approximate surface area is 337 Å². The lowest BCUT2D eigenvalue weighted by molar-refractivity contribution is -0.0628. The summed E-state index contributed by atoms with van der Waals surface area (Å²) in [6.07, 6.45) is 5.67. The molecule has 1 atom stereocenters. The summed E-state index contributed by atoms with van der Waals surface area (Å²) >= 11 is 0. The fraction of sp³-hybridized carbons (Fsp3) is 0.422. The molecule has 2 aliphatic heterocycles. The number of amides is 1. The average Bonchev–Trinajstić information content (AvgIpc) is 3.58. The quantitative estimate of drug-likeness (QED) is 0.129. The minimum Gasteiger partial charge on any atom is -0.491 e. The molecule has 0 unspecified atom stereocenters. The van der Waals surface area contributed by atoms with Crippen molar-refractivity contribution in [3.63, 3.8) is 0 Å². The first-order valence-corrected chi connectivity index (χ1v) is 20.1. The van der Waals surface area contributed by atoms with E-state index in [2.05, 4.69) is 72.8 Å². The van der Waals surface area contributed by atoms with Gasteiger partial charge in [-0.15, -0.1) is 0 Å². The molecular formula is C45H51F3N6O4. The zero-order valence-electron chi connectivity index (χ0n) is 33.4. The first kappa shape index (κ1) is 39.6. The highest BCUT2D eigenvalue weighted by molar-refractivity contribution is 5.97. The lowest BCUT2D eigenvalue weighted by atomic mass is 9.59. The highest BCUT2D eigenvalue weighted by atomic mass is 19.3. The van der Waals surface area contributed by atoms with Crippen LogP contribution in [0.5, 0.6) is 23.1 Å². The normalized spacial score (nSPS) is 18.8. The van der Waals surface area contributed by atoms with E-state index < -0.39 is 12.4 Å². The number of aromatic amines is 1. The van der Waals surface area contributed by atoms with Crippen LogP contribution in [0.1, 0.15) is 78.5 Å². The molecule has 0 radical (unpaired) electrons. The van der Waals surface area contributed by atoms with Gasteiger partial charge in [-0.3, -0.25) is 14.6 Å². The maximum atomic E-state index is 14.5. The van der Waals surface area contributed by atoms with E-state index in [1.165, 1.54) is 24.4 Å². The number of piperidine rings is 1. The third kappa shape index (κ3) is 8.06. The molecule has 1 saturated carbocycles. The van der Waals surface area contributed by atoms with Gasteiger partial charge in [0.2, 0.25) is 0 Å². The number of halogens is 3. The van der Waals surface area contributed by atoms with Crippen LogP contribution in [0.2, 0.25) is 0 Å². The Hall–Kier alpha value is -5.27. The number of anilines is 1. The third-order valence-electron chi connectivity index (χ3n) is 12.4. The molecular weight excluding hydrogens is 746 g/mol. The molecule has 10 nitrogen and oxygen atoms in total. The molecule has 1 aliphatic carbocycles. The number of hydrogen-bond donors (Lipinski definition) is 2. The minimum absolute atomic E-state index is 0.0698. The second-order valence-electron chi connectivity index (χ2n) is 16.2. The monoisotopic (exact) mass is 796 g/mol. The van der Waals surface area contributed by atoms with Crippen molar-refractivity contribution in [2.24, 2.45) is 5.41 Å². The van der Waals surface area contributed by atoms with E-state index in [1.807, 2.05) is 24.3 Å². The number of nitrogens with one attached hydrogen (secondary N) is 2. The van der Waals surface area contributed by atoms with Gasteiger partial charge < -0.3 is 29.4 Å². The Balaban J connectivity index is 0.956. The molecule has 3 aliphatic rings. The standard InChI is InChI=1S/C45H51F3N6O4/c1-28(2)33-7-5-6-8-34(33)38-27-52(26-29-9-12-32(13-10-29)57-44(47)48)19-20-54(38)31-23-45(24-31)15-17-53(18-16-45)30-11-14-35(42(55)49-3)39(21-30)58-43-40(56-4)22-37-41(51-43)36(46)25-50-37/h5-14,21-22,25,28,31,38,44,50H,15-20,23-24,26-27H2,1-4H3,(H,49,55)/t38-/m0/s1. The number of carbonyl (C=O) groups is 1. The maximum absolute atomic E-state index is 14.5. The van der Waals surface area contributed by atoms with Crippen molar-refractivity contribution in [1.29, 1.82) is 0 Å². The van der Waals surface area contributed by atoms with Crippen molar-refractivity contribution in [3.05, 3.63) is 107 Å². The molecule has 5 aromatic rings. The molecule has 0 bridgehead atoms. The highest BCUT2D eigenvalue weighted by Gasteiger charge is 2.50. The van der Waals surface area contributed by atoms with Gasteiger partial charge >= 0.3 is 6.61 Å². The number of benzene rings is 3. The Kier molecular flexibility index (Phi) is 11.3. The maximum Gasteiger partial charge on any atom is 0.387 e. The van der Waals surface area contributed by atoms with E-state index in [0.29, 0.717) is 34.5 Å². The molecule has 4 heterocycles. The highest BCUT2D eigenvalue weighted by Crippen LogP contribution is 2.53. The third-order valence-corrected chi connectivity index (χ3v) is 12.4.